The van der Waals surface area contributed by atoms with E-state index in [2.05, 4.69) is 0 Å². The molecule has 0 spiro atoms. The summed E-state index contributed by atoms with van der Waals surface area (Å²) in [5, 5.41) is 11.4. The molecule has 2 rings (SSSR count). The average molecular weight is 338 g/mol. The molecule has 0 saturated carbocycles. The molecule has 2 aromatic carbocycles. The van der Waals surface area contributed by atoms with Crippen LogP contribution in [0.3, 0.4) is 0 Å². The number of carbonyl (C=O) groups excluding carboxylic acids is 1. The van der Waals surface area contributed by atoms with Gasteiger partial charge < -0.3 is 4.74 Å². The van der Waals surface area contributed by atoms with Crippen LogP contribution in [0.25, 0.3) is 6.08 Å². The summed E-state index contributed by atoms with van der Waals surface area (Å²) in [5.74, 6) is -0.565. The number of non-ortho nitro benzene ring substituents is 1. The molecule has 0 amide bonds. The average Bonchev–Trinajstić information content (AvgIpc) is 2.49. The van der Waals surface area contributed by atoms with Gasteiger partial charge in [-0.1, -0.05) is 35.3 Å². The highest BCUT2D eigenvalue weighted by Crippen LogP contribution is 2.23. The highest BCUT2D eigenvalue weighted by Gasteiger charge is 2.08. The van der Waals surface area contributed by atoms with Crippen molar-refractivity contribution in [1.82, 2.24) is 0 Å². The third-order valence-corrected chi connectivity index (χ3v) is 3.34. The van der Waals surface area contributed by atoms with Gasteiger partial charge in [-0.3, -0.25) is 10.1 Å². The Morgan fingerprint density at radius 2 is 1.91 bits per heavy atom. The molecule has 0 N–H and O–H groups in total. The first-order valence-electron chi connectivity index (χ1n) is 6.05. The largest absolute Gasteiger partial charge is 0.423 e. The van der Waals surface area contributed by atoms with E-state index in [9.17, 15) is 14.9 Å². The van der Waals surface area contributed by atoms with E-state index in [0.717, 1.165) is 0 Å². The molecule has 112 valence electrons. The van der Waals surface area contributed by atoms with Gasteiger partial charge in [0.05, 0.1) is 21.0 Å². The first kappa shape index (κ1) is 16.0. The molecule has 0 heterocycles. The summed E-state index contributed by atoms with van der Waals surface area (Å²) in [6, 6.07) is 10.3. The maximum Gasteiger partial charge on any atom is 0.336 e. The number of ether oxygens (including phenoxy) is 1. The predicted molar refractivity (Wildman–Crippen MR) is 84.2 cm³/mol. The molecule has 0 aromatic heterocycles. The number of hydrogen-bond donors (Lipinski definition) is 0. The van der Waals surface area contributed by atoms with Gasteiger partial charge in [0.15, 0.2) is 0 Å². The summed E-state index contributed by atoms with van der Waals surface area (Å²) in [6.45, 7) is 0. The van der Waals surface area contributed by atoms with Gasteiger partial charge in [0.1, 0.15) is 5.75 Å². The second-order valence-corrected chi connectivity index (χ2v) is 5.00. The van der Waals surface area contributed by atoms with E-state index in [0.29, 0.717) is 15.6 Å². The molecule has 7 heteroatoms. The van der Waals surface area contributed by atoms with Crippen molar-refractivity contribution in [2.45, 2.75) is 0 Å². The van der Waals surface area contributed by atoms with Crippen molar-refractivity contribution in [3.63, 3.8) is 0 Å². The number of nitro groups is 1. The second-order valence-electron chi connectivity index (χ2n) is 4.18. The SMILES string of the molecule is O=C(/C=C/c1ccc(Cl)c(Cl)c1)Oc1cccc([N+](=O)[O-])c1. The van der Waals surface area contributed by atoms with Gasteiger partial charge in [-0.25, -0.2) is 4.79 Å². The van der Waals surface area contributed by atoms with E-state index in [4.69, 9.17) is 27.9 Å². The molecule has 22 heavy (non-hydrogen) atoms. The zero-order chi connectivity index (χ0) is 16.1. The summed E-state index contributed by atoms with van der Waals surface area (Å²) in [4.78, 5) is 21.8. The van der Waals surface area contributed by atoms with Crippen LogP contribution in [0.4, 0.5) is 5.69 Å². The number of nitrogens with zero attached hydrogens (tertiary/aromatic N) is 1. The summed E-state index contributed by atoms with van der Waals surface area (Å²) >= 11 is 11.6. The van der Waals surface area contributed by atoms with Crippen molar-refractivity contribution in [2.24, 2.45) is 0 Å². The topological polar surface area (TPSA) is 69.4 Å². The minimum Gasteiger partial charge on any atom is -0.423 e. The van der Waals surface area contributed by atoms with Crippen LogP contribution in [-0.2, 0) is 4.79 Å². The van der Waals surface area contributed by atoms with Crippen LogP contribution in [0.1, 0.15) is 5.56 Å². The van der Waals surface area contributed by atoms with Crippen molar-refractivity contribution in [3.8, 4) is 5.75 Å². The van der Waals surface area contributed by atoms with Crippen LogP contribution in [-0.4, -0.2) is 10.9 Å². The molecule has 2 aromatic rings. The smallest absolute Gasteiger partial charge is 0.336 e. The molecule has 0 aliphatic heterocycles. The van der Waals surface area contributed by atoms with Gasteiger partial charge >= 0.3 is 5.97 Å². The summed E-state index contributed by atoms with van der Waals surface area (Å²) in [6.07, 6.45) is 2.69. The van der Waals surface area contributed by atoms with E-state index in [-0.39, 0.29) is 11.4 Å². The molecule has 0 unspecified atom stereocenters. The maximum atomic E-state index is 11.7. The third-order valence-electron chi connectivity index (χ3n) is 2.60. The fourth-order valence-electron chi connectivity index (χ4n) is 1.59. The molecule has 0 aliphatic carbocycles. The lowest BCUT2D eigenvalue weighted by molar-refractivity contribution is -0.384. The van der Waals surface area contributed by atoms with Crippen molar-refractivity contribution in [3.05, 3.63) is 74.3 Å². The van der Waals surface area contributed by atoms with Crippen LogP contribution in [0.15, 0.2) is 48.5 Å². The second kappa shape index (κ2) is 7.06. The number of rotatable bonds is 4. The molecule has 0 radical (unpaired) electrons. The highest BCUT2D eigenvalue weighted by molar-refractivity contribution is 6.42. The van der Waals surface area contributed by atoms with E-state index >= 15 is 0 Å². The van der Waals surface area contributed by atoms with Crippen LogP contribution in [0.5, 0.6) is 5.75 Å². The number of halogens is 2. The standard InChI is InChI=1S/C15H9Cl2NO4/c16-13-6-4-10(8-14(13)17)5-7-15(19)22-12-3-1-2-11(9-12)18(20)21/h1-9H/b7-5+. The summed E-state index contributed by atoms with van der Waals surface area (Å²) in [5.41, 5.74) is 0.518. The lowest BCUT2D eigenvalue weighted by Crippen LogP contribution is -2.03. The molecule has 5 nitrogen and oxygen atoms in total. The Labute approximate surface area is 135 Å². The maximum absolute atomic E-state index is 11.7. The van der Waals surface area contributed by atoms with Crippen LogP contribution in [0.2, 0.25) is 10.0 Å². The Bertz CT molecular complexity index is 759. The molecule has 0 bridgehead atoms. The first-order valence-corrected chi connectivity index (χ1v) is 6.81. The van der Waals surface area contributed by atoms with Crippen LogP contribution in [0, 0.1) is 10.1 Å². The van der Waals surface area contributed by atoms with Crippen molar-refractivity contribution in [1.29, 1.82) is 0 Å². The summed E-state index contributed by atoms with van der Waals surface area (Å²) in [7, 11) is 0. The van der Waals surface area contributed by atoms with Gasteiger partial charge in [-0.15, -0.1) is 0 Å². The van der Waals surface area contributed by atoms with Crippen molar-refractivity contribution < 1.29 is 14.5 Å². The lowest BCUT2D eigenvalue weighted by atomic mass is 10.2. The van der Waals surface area contributed by atoms with Gasteiger partial charge in [0.2, 0.25) is 0 Å². The van der Waals surface area contributed by atoms with Gasteiger partial charge in [-0.05, 0) is 29.8 Å². The molecular formula is C15H9Cl2NO4. The van der Waals surface area contributed by atoms with E-state index < -0.39 is 10.9 Å². The molecule has 0 aliphatic rings. The number of carbonyl (C=O) groups is 1. The quantitative estimate of drug-likeness (QED) is 0.270. The fraction of sp³-hybridized carbons (Fsp3) is 0. The summed E-state index contributed by atoms with van der Waals surface area (Å²) < 4.78 is 4.99. The minimum absolute atomic E-state index is 0.0954. The number of esters is 1. The number of nitro benzene ring substituents is 1. The van der Waals surface area contributed by atoms with E-state index in [1.165, 1.54) is 36.4 Å². The van der Waals surface area contributed by atoms with E-state index in [1.54, 1.807) is 18.2 Å². The Hall–Kier alpha value is -2.37. The zero-order valence-electron chi connectivity index (χ0n) is 11.0. The van der Waals surface area contributed by atoms with E-state index in [1.807, 2.05) is 0 Å². The molecule has 0 fully saturated rings. The molecule has 0 saturated heterocycles. The Balaban J connectivity index is 2.06. The number of benzene rings is 2. The van der Waals surface area contributed by atoms with Gasteiger partial charge in [0, 0.05) is 12.1 Å². The van der Waals surface area contributed by atoms with Gasteiger partial charge in [0.25, 0.3) is 5.69 Å². The third kappa shape index (κ3) is 4.31. The number of hydrogen-bond acceptors (Lipinski definition) is 4. The van der Waals surface area contributed by atoms with Gasteiger partial charge in [-0.2, -0.15) is 0 Å². The van der Waals surface area contributed by atoms with Crippen molar-refractivity contribution >= 4 is 40.9 Å². The molecule has 0 atom stereocenters. The fourth-order valence-corrected chi connectivity index (χ4v) is 1.90. The predicted octanol–water partition coefficient (Wildman–Crippen LogP) is 4.52. The lowest BCUT2D eigenvalue weighted by Gasteiger charge is -2.01. The Kier molecular flexibility index (Phi) is 5.14. The highest BCUT2D eigenvalue weighted by atomic mass is 35.5. The van der Waals surface area contributed by atoms with Crippen molar-refractivity contribution in [2.75, 3.05) is 0 Å². The normalized spacial score (nSPS) is 10.6. The first-order chi connectivity index (χ1) is 10.5. The van der Waals surface area contributed by atoms with Crippen LogP contribution >= 0.6 is 23.2 Å². The Morgan fingerprint density at radius 1 is 1.14 bits per heavy atom. The zero-order valence-corrected chi connectivity index (χ0v) is 12.5. The Morgan fingerprint density at radius 3 is 2.59 bits per heavy atom. The monoisotopic (exact) mass is 337 g/mol. The minimum atomic E-state index is -0.661. The van der Waals surface area contributed by atoms with Crippen LogP contribution < -0.4 is 4.74 Å². The molecular weight excluding hydrogens is 329 g/mol.